The van der Waals surface area contributed by atoms with Gasteiger partial charge in [0, 0.05) is 17.4 Å². The molecule has 0 amide bonds. The van der Waals surface area contributed by atoms with Crippen molar-refractivity contribution in [2.75, 3.05) is 12.5 Å². The Balaban J connectivity index is 2.35. The molecule has 0 N–H and O–H groups in total. The van der Waals surface area contributed by atoms with Crippen molar-refractivity contribution in [3.63, 3.8) is 0 Å². The van der Waals surface area contributed by atoms with Gasteiger partial charge in [-0.25, -0.2) is 0 Å². The van der Waals surface area contributed by atoms with Crippen LogP contribution in [-0.4, -0.2) is 17.1 Å². The average molecular weight is 274 g/mol. The number of hydrogen-bond donors (Lipinski definition) is 0. The number of ether oxygens (including phenoxy) is 1. The Kier molecular flexibility index (Phi) is 3.45. The predicted molar refractivity (Wildman–Crippen MR) is 80.8 cm³/mol. The largest absolute Gasteiger partial charge is 0.357 e. The molecule has 0 saturated heterocycles. The lowest BCUT2D eigenvalue weighted by Crippen LogP contribution is -2.14. The standard InChI is InChI=1S/C16H16ClNO/c1-2-19-16(11-17)18-14-9-5-3-7-12(14)13-8-4-6-10-15(13)18/h3-10,16H,2,11H2,1H3. The first-order valence-electron chi connectivity index (χ1n) is 6.52. The molecule has 0 aliphatic heterocycles. The molecule has 0 saturated carbocycles. The first kappa shape index (κ1) is 12.5. The Labute approximate surface area is 117 Å². The van der Waals surface area contributed by atoms with Crippen LogP contribution in [-0.2, 0) is 4.74 Å². The van der Waals surface area contributed by atoms with Gasteiger partial charge in [0.25, 0.3) is 0 Å². The summed E-state index contributed by atoms with van der Waals surface area (Å²) in [5, 5.41) is 2.49. The molecule has 0 fully saturated rings. The quantitative estimate of drug-likeness (QED) is 0.635. The molecule has 1 atom stereocenters. The number of aromatic nitrogens is 1. The van der Waals surface area contributed by atoms with Gasteiger partial charge < -0.3 is 9.30 Å². The number of para-hydroxylation sites is 2. The van der Waals surface area contributed by atoms with Crippen molar-refractivity contribution in [3.05, 3.63) is 48.5 Å². The zero-order valence-electron chi connectivity index (χ0n) is 10.8. The van der Waals surface area contributed by atoms with E-state index in [9.17, 15) is 0 Å². The highest BCUT2D eigenvalue weighted by atomic mass is 35.5. The van der Waals surface area contributed by atoms with Crippen LogP contribution in [0.3, 0.4) is 0 Å². The molecule has 1 heterocycles. The van der Waals surface area contributed by atoms with E-state index in [1.807, 2.05) is 6.92 Å². The monoisotopic (exact) mass is 273 g/mol. The molecule has 3 heteroatoms. The average Bonchev–Trinajstić information content (AvgIpc) is 2.80. The molecule has 1 aromatic heterocycles. The zero-order valence-corrected chi connectivity index (χ0v) is 11.6. The van der Waals surface area contributed by atoms with E-state index >= 15 is 0 Å². The van der Waals surface area contributed by atoms with Crippen LogP contribution in [0.25, 0.3) is 21.8 Å². The number of hydrogen-bond acceptors (Lipinski definition) is 1. The van der Waals surface area contributed by atoms with Gasteiger partial charge in [-0.2, -0.15) is 0 Å². The van der Waals surface area contributed by atoms with Crippen LogP contribution in [0.1, 0.15) is 13.2 Å². The van der Waals surface area contributed by atoms with Gasteiger partial charge in [0.2, 0.25) is 0 Å². The van der Waals surface area contributed by atoms with Gasteiger partial charge in [-0.3, -0.25) is 0 Å². The first-order chi connectivity index (χ1) is 9.36. The lowest BCUT2D eigenvalue weighted by molar-refractivity contribution is 0.0335. The normalized spacial score (nSPS) is 13.2. The highest BCUT2D eigenvalue weighted by Crippen LogP contribution is 2.32. The highest BCUT2D eigenvalue weighted by molar-refractivity contribution is 6.18. The van der Waals surface area contributed by atoms with Crippen molar-refractivity contribution < 1.29 is 4.74 Å². The summed E-state index contributed by atoms with van der Waals surface area (Å²) in [4.78, 5) is 0. The van der Waals surface area contributed by atoms with Crippen LogP contribution in [0.15, 0.2) is 48.5 Å². The van der Waals surface area contributed by atoms with Crippen molar-refractivity contribution in [2.24, 2.45) is 0 Å². The van der Waals surface area contributed by atoms with E-state index in [4.69, 9.17) is 16.3 Å². The fourth-order valence-corrected chi connectivity index (χ4v) is 2.87. The molecule has 0 aliphatic carbocycles. The summed E-state index contributed by atoms with van der Waals surface area (Å²) >= 11 is 6.09. The molecular weight excluding hydrogens is 258 g/mol. The van der Waals surface area contributed by atoms with E-state index in [1.54, 1.807) is 0 Å². The number of alkyl halides is 1. The zero-order chi connectivity index (χ0) is 13.2. The Morgan fingerprint density at radius 2 is 1.53 bits per heavy atom. The summed E-state index contributed by atoms with van der Waals surface area (Å²) in [6.45, 7) is 2.64. The van der Waals surface area contributed by atoms with Gasteiger partial charge in [-0.1, -0.05) is 36.4 Å². The molecule has 19 heavy (non-hydrogen) atoms. The summed E-state index contributed by atoms with van der Waals surface area (Å²) in [5.41, 5.74) is 2.34. The van der Waals surface area contributed by atoms with Crippen molar-refractivity contribution >= 4 is 33.4 Å². The summed E-state index contributed by atoms with van der Waals surface area (Å²) in [6, 6.07) is 16.8. The van der Waals surface area contributed by atoms with Gasteiger partial charge in [0.15, 0.2) is 0 Å². The Bertz CT molecular complexity index is 651. The SMILES string of the molecule is CCOC(CCl)n1c2ccccc2c2ccccc21. The van der Waals surface area contributed by atoms with Crippen LogP contribution in [0.4, 0.5) is 0 Å². The Hall–Kier alpha value is -1.51. The predicted octanol–water partition coefficient (Wildman–Crippen LogP) is 4.57. The van der Waals surface area contributed by atoms with Crippen molar-refractivity contribution in [3.8, 4) is 0 Å². The summed E-state index contributed by atoms with van der Waals surface area (Å²) in [6.07, 6.45) is -0.128. The second-order valence-corrected chi connectivity index (χ2v) is 4.78. The number of benzene rings is 2. The second kappa shape index (κ2) is 5.24. The molecule has 0 radical (unpaired) electrons. The van der Waals surface area contributed by atoms with E-state index in [0.717, 1.165) is 0 Å². The van der Waals surface area contributed by atoms with Gasteiger partial charge in [0.05, 0.1) is 16.9 Å². The summed E-state index contributed by atoms with van der Waals surface area (Å²) in [7, 11) is 0. The lowest BCUT2D eigenvalue weighted by Gasteiger charge is -2.18. The summed E-state index contributed by atoms with van der Waals surface area (Å²) in [5.74, 6) is 0.441. The minimum atomic E-state index is -0.128. The molecule has 3 aromatic rings. The van der Waals surface area contributed by atoms with E-state index < -0.39 is 0 Å². The molecule has 2 nitrogen and oxygen atoms in total. The molecule has 3 rings (SSSR count). The fourth-order valence-electron chi connectivity index (χ4n) is 2.64. The minimum absolute atomic E-state index is 0.128. The first-order valence-corrected chi connectivity index (χ1v) is 7.05. The van der Waals surface area contributed by atoms with Crippen molar-refractivity contribution in [1.29, 1.82) is 0 Å². The Morgan fingerprint density at radius 1 is 1.00 bits per heavy atom. The Morgan fingerprint density at radius 3 is 2.00 bits per heavy atom. The third-order valence-corrected chi connectivity index (χ3v) is 3.66. The van der Waals surface area contributed by atoms with Gasteiger partial charge in [-0.15, -0.1) is 11.6 Å². The topological polar surface area (TPSA) is 14.2 Å². The van der Waals surface area contributed by atoms with Crippen LogP contribution in [0, 0.1) is 0 Å². The van der Waals surface area contributed by atoms with Crippen LogP contribution >= 0.6 is 11.6 Å². The lowest BCUT2D eigenvalue weighted by atomic mass is 10.2. The third kappa shape index (κ3) is 2.01. The second-order valence-electron chi connectivity index (χ2n) is 4.47. The number of halogens is 1. The van der Waals surface area contributed by atoms with E-state index in [2.05, 4.69) is 53.1 Å². The van der Waals surface area contributed by atoms with Crippen LogP contribution in [0.2, 0.25) is 0 Å². The molecule has 0 spiro atoms. The van der Waals surface area contributed by atoms with Gasteiger partial charge >= 0.3 is 0 Å². The van der Waals surface area contributed by atoms with Gasteiger partial charge in [0.1, 0.15) is 6.23 Å². The molecular formula is C16H16ClNO. The highest BCUT2D eigenvalue weighted by Gasteiger charge is 2.16. The third-order valence-electron chi connectivity index (χ3n) is 3.40. The smallest absolute Gasteiger partial charge is 0.148 e. The fraction of sp³-hybridized carbons (Fsp3) is 0.250. The molecule has 0 bridgehead atoms. The van der Waals surface area contributed by atoms with E-state index in [0.29, 0.717) is 12.5 Å². The van der Waals surface area contributed by atoms with Gasteiger partial charge in [-0.05, 0) is 19.1 Å². The summed E-state index contributed by atoms with van der Waals surface area (Å²) < 4.78 is 7.98. The maximum atomic E-state index is 6.09. The molecule has 0 aliphatic rings. The van der Waals surface area contributed by atoms with Crippen LogP contribution < -0.4 is 0 Å². The van der Waals surface area contributed by atoms with E-state index in [-0.39, 0.29) is 6.23 Å². The molecule has 2 aromatic carbocycles. The number of nitrogens with zero attached hydrogens (tertiary/aromatic N) is 1. The minimum Gasteiger partial charge on any atom is -0.357 e. The molecule has 98 valence electrons. The maximum absolute atomic E-state index is 6.09. The number of rotatable bonds is 4. The van der Waals surface area contributed by atoms with Crippen LogP contribution in [0.5, 0.6) is 0 Å². The van der Waals surface area contributed by atoms with Crippen molar-refractivity contribution in [1.82, 2.24) is 4.57 Å². The molecule has 1 unspecified atom stereocenters. The van der Waals surface area contributed by atoms with Crippen molar-refractivity contribution in [2.45, 2.75) is 13.2 Å². The number of fused-ring (bicyclic) bond motifs is 3. The maximum Gasteiger partial charge on any atom is 0.148 e. The van der Waals surface area contributed by atoms with E-state index in [1.165, 1.54) is 21.8 Å².